The van der Waals surface area contributed by atoms with Crippen LogP contribution in [0.25, 0.3) is 0 Å². The molecule has 6 nitrogen and oxygen atoms in total. The van der Waals surface area contributed by atoms with Crippen molar-refractivity contribution in [2.75, 3.05) is 18.0 Å². The normalized spacial score (nSPS) is 16.4. The lowest BCUT2D eigenvalue weighted by Gasteiger charge is -2.32. The van der Waals surface area contributed by atoms with Crippen molar-refractivity contribution < 1.29 is 4.92 Å². The fraction of sp³-hybridized carbons (Fsp3) is 0.500. The summed E-state index contributed by atoms with van der Waals surface area (Å²) < 4.78 is 1.64. The quantitative estimate of drug-likeness (QED) is 0.645. The maximum atomic E-state index is 11.3. The highest BCUT2D eigenvalue weighted by atomic mass is 32.1. The molecule has 3 rings (SSSR count). The molecular weight excluding hydrogens is 288 g/mol. The minimum Gasteiger partial charge on any atom is -0.351 e. The summed E-state index contributed by atoms with van der Waals surface area (Å²) in [5.74, 6) is 1.21. The third kappa shape index (κ3) is 2.53. The molecule has 2 aromatic heterocycles. The lowest BCUT2D eigenvalue weighted by molar-refractivity contribution is -0.384. The van der Waals surface area contributed by atoms with Gasteiger partial charge in [-0.25, -0.2) is 4.68 Å². The van der Waals surface area contributed by atoms with Gasteiger partial charge in [0.15, 0.2) is 0 Å². The van der Waals surface area contributed by atoms with E-state index < -0.39 is 0 Å². The third-order valence-electron chi connectivity index (χ3n) is 4.15. The van der Waals surface area contributed by atoms with Crippen LogP contribution in [0.1, 0.15) is 30.0 Å². The molecule has 1 fully saturated rings. The summed E-state index contributed by atoms with van der Waals surface area (Å²) >= 11 is 1.73. The lowest BCUT2D eigenvalue weighted by atomic mass is 9.91. The lowest BCUT2D eigenvalue weighted by Crippen LogP contribution is -2.34. The molecule has 0 saturated carbocycles. The first-order valence-electron chi connectivity index (χ1n) is 7.03. The second-order valence-corrected chi connectivity index (χ2v) is 6.24. The van der Waals surface area contributed by atoms with Crippen molar-refractivity contribution >= 4 is 22.8 Å². The van der Waals surface area contributed by atoms with E-state index in [1.165, 1.54) is 5.56 Å². The van der Waals surface area contributed by atoms with Gasteiger partial charge in [0, 0.05) is 20.1 Å². The minimum atomic E-state index is -0.317. The molecule has 112 valence electrons. The van der Waals surface area contributed by atoms with Crippen LogP contribution in [0.5, 0.6) is 0 Å². The van der Waals surface area contributed by atoms with E-state index in [4.69, 9.17) is 0 Å². The number of rotatable bonds is 3. The number of hydrogen-bond donors (Lipinski definition) is 0. The Morgan fingerprint density at radius 1 is 1.43 bits per heavy atom. The Kier molecular flexibility index (Phi) is 3.67. The number of nitro groups is 1. The second-order valence-electron chi connectivity index (χ2n) is 5.46. The summed E-state index contributed by atoms with van der Waals surface area (Å²) in [5, 5.41) is 19.8. The van der Waals surface area contributed by atoms with E-state index in [1.807, 2.05) is 0 Å². The van der Waals surface area contributed by atoms with Crippen LogP contribution in [0, 0.1) is 17.0 Å². The molecule has 3 heterocycles. The number of aromatic nitrogens is 2. The maximum absolute atomic E-state index is 11.3. The van der Waals surface area contributed by atoms with E-state index in [9.17, 15) is 10.1 Å². The van der Waals surface area contributed by atoms with E-state index in [1.54, 1.807) is 30.0 Å². The average Bonchev–Trinajstić information content (AvgIpc) is 3.06. The van der Waals surface area contributed by atoms with Crippen molar-refractivity contribution in [2.24, 2.45) is 7.05 Å². The molecule has 0 N–H and O–H groups in total. The van der Waals surface area contributed by atoms with Gasteiger partial charge in [0.25, 0.3) is 0 Å². The van der Waals surface area contributed by atoms with E-state index in [-0.39, 0.29) is 10.6 Å². The van der Waals surface area contributed by atoms with Gasteiger partial charge in [0.05, 0.1) is 4.92 Å². The Hall–Kier alpha value is -1.89. The fourth-order valence-corrected chi connectivity index (χ4v) is 3.88. The molecule has 0 radical (unpaired) electrons. The SMILES string of the molecule is Cc1nn(C)c(N2CCC(c3ccsc3)CC2)c1[N+](=O)[O-]. The summed E-state index contributed by atoms with van der Waals surface area (Å²) in [6.07, 6.45) is 2.05. The van der Waals surface area contributed by atoms with Gasteiger partial charge in [-0.2, -0.15) is 16.4 Å². The molecular formula is C14H18N4O2S. The Morgan fingerprint density at radius 2 is 2.14 bits per heavy atom. The molecule has 1 aliphatic rings. The predicted molar refractivity (Wildman–Crippen MR) is 83.1 cm³/mol. The summed E-state index contributed by atoms with van der Waals surface area (Å²) in [7, 11) is 1.78. The zero-order chi connectivity index (χ0) is 15.0. The molecule has 0 bridgehead atoms. The molecule has 2 aromatic rings. The van der Waals surface area contributed by atoms with E-state index in [0.29, 0.717) is 17.4 Å². The first-order valence-corrected chi connectivity index (χ1v) is 7.97. The van der Waals surface area contributed by atoms with Crippen LogP contribution in [0.4, 0.5) is 11.5 Å². The minimum absolute atomic E-state index is 0.145. The largest absolute Gasteiger partial charge is 0.351 e. The monoisotopic (exact) mass is 306 g/mol. The van der Waals surface area contributed by atoms with E-state index >= 15 is 0 Å². The summed E-state index contributed by atoms with van der Waals surface area (Å²) in [5.41, 5.74) is 2.03. The second kappa shape index (κ2) is 5.48. The predicted octanol–water partition coefficient (Wildman–Crippen LogP) is 3.08. The van der Waals surface area contributed by atoms with Gasteiger partial charge in [-0.05, 0) is 48.1 Å². The van der Waals surface area contributed by atoms with Crippen molar-refractivity contribution in [2.45, 2.75) is 25.7 Å². The molecule has 7 heteroatoms. The first-order chi connectivity index (χ1) is 10.1. The Morgan fingerprint density at radius 3 is 2.71 bits per heavy atom. The van der Waals surface area contributed by atoms with Crippen LogP contribution < -0.4 is 4.90 Å². The van der Waals surface area contributed by atoms with Crippen LogP contribution >= 0.6 is 11.3 Å². The summed E-state index contributed by atoms with van der Waals surface area (Å²) in [4.78, 5) is 13.1. The molecule has 0 amide bonds. The smallest absolute Gasteiger partial charge is 0.333 e. The fourth-order valence-electron chi connectivity index (χ4n) is 3.13. The molecule has 21 heavy (non-hydrogen) atoms. The molecule has 0 aromatic carbocycles. The number of nitrogens with zero attached hydrogens (tertiary/aromatic N) is 4. The molecule has 0 atom stereocenters. The van der Waals surface area contributed by atoms with Gasteiger partial charge in [-0.3, -0.25) is 10.1 Å². The van der Waals surface area contributed by atoms with Crippen LogP contribution in [0.2, 0.25) is 0 Å². The number of piperidine rings is 1. The van der Waals surface area contributed by atoms with Crippen LogP contribution in [0.15, 0.2) is 16.8 Å². The van der Waals surface area contributed by atoms with Gasteiger partial charge in [0.2, 0.25) is 5.82 Å². The Bertz CT molecular complexity index is 642. The summed E-state index contributed by atoms with van der Waals surface area (Å²) in [6.45, 7) is 3.36. The van der Waals surface area contributed by atoms with E-state index in [2.05, 4.69) is 26.8 Å². The van der Waals surface area contributed by atoms with Gasteiger partial charge in [0.1, 0.15) is 5.69 Å². The highest BCUT2D eigenvalue weighted by Crippen LogP contribution is 2.36. The number of hydrogen-bond acceptors (Lipinski definition) is 5. The van der Waals surface area contributed by atoms with Crippen molar-refractivity contribution in [3.8, 4) is 0 Å². The zero-order valence-corrected chi connectivity index (χ0v) is 13.0. The molecule has 0 aliphatic carbocycles. The van der Waals surface area contributed by atoms with Crippen molar-refractivity contribution in [1.82, 2.24) is 9.78 Å². The Labute approximate surface area is 127 Å². The number of thiophene rings is 1. The van der Waals surface area contributed by atoms with Crippen molar-refractivity contribution in [3.05, 3.63) is 38.2 Å². The van der Waals surface area contributed by atoms with Crippen LogP contribution in [-0.2, 0) is 7.05 Å². The zero-order valence-electron chi connectivity index (χ0n) is 12.2. The Balaban J connectivity index is 1.80. The summed E-state index contributed by atoms with van der Waals surface area (Å²) in [6, 6.07) is 2.18. The molecule has 0 unspecified atom stereocenters. The van der Waals surface area contributed by atoms with Gasteiger partial charge < -0.3 is 4.90 Å². The van der Waals surface area contributed by atoms with Crippen LogP contribution in [0.3, 0.4) is 0 Å². The van der Waals surface area contributed by atoms with Crippen LogP contribution in [-0.4, -0.2) is 27.8 Å². The number of aryl methyl sites for hydroxylation is 2. The average molecular weight is 306 g/mol. The van der Waals surface area contributed by atoms with Gasteiger partial charge in [-0.15, -0.1) is 0 Å². The van der Waals surface area contributed by atoms with Crippen molar-refractivity contribution in [1.29, 1.82) is 0 Å². The maximum Gasteiger partial charge on any atom is 0.333 e. The van der Waals surface area contributed by atoms with E-state index in [0.717, 1.165) is 25.9 Å². The van der Waals surface area contributed by atoms with Crippen molar-refractivity contribution in [3.63, 3.8) is 0 Å². The third-order valence-corrected chi connectivity index (χ3v) is 4.85. The highest BCUT2D eigenvalue weighted by molar-refractivity contribution is 7.07. The molecule has 0 spiro atoms. The number of anilines is 1. The molecule has 1 aliphatic heterocycles. The van der Waals surface area contributed by atoms with Gasteiger partial charge >= 0.3 is 5.69 Å². The first kappa shape index (κ1) is 14.1. The molecule has 1 saturated heterocycles. The van der Waals surface area contributed by atoms with Gasteiger partial charge in [-0.1, -0.05) is 0 Å². The standard InChI is InChI=1S/C14H18N4O2S/c1-10-13(18(19)20)14(16(2)15-10)17-6-3-11(4-7-17)12-5-8-21-9-12/h5,8-9,11H,3-4,6-7H2,1-2H3. The topological polar surface area (TPSA) is 64.2 Å². The highest BCUT2D eigenvalue weighted by Gasteiger charge is 2.31.